The van der Waals surface area contributed by atoms with E-state index in [0.717, 1.165) is 36.8 Å². The number of halogens is 1. The molecule has 0 bridgehead atoms. The zero-order valence-corrected chi connectivity index (χ0v) is 8.70. The van der Waals surface area contributed by atoms with Crippen LogP contribution in [-0.2, 0) is 0 Å². The molecule has 0 heterocycles. The van der Waals surface area contributed by atoms with Crippen molar-refractivity contribution in [3.05, 3.63) is 36.2 Å². The Labute approximate surface area is 80.9 Å². The molecule has 0 saturated carbocycles. The van der Waals surface area contributed by atoms with Gasteiger partial charge in [0.15, 0.2) is 0 Å². The molecule has 0 aromatic heterocycles. The Bertz CT molecular complexity index is 211. The van der Waals surface area contributed by atoms with E-state index in [-0.39, 0.29) is 5.83 Å². The number of hydrogen-bond donors (Lipinski definition) is 0. The molecule has 0 fully saturated rings. The van der Waals surface area contributed by atoms with E-state index in [0.29, 0.717) is 0 Å². The Morgan fingerprint density at radius 1 is 1.31 bits per heavy atom. The van der Waals surface area contributed by atoms with Crippen LogP contribution >= 0.6 is 0 Å². The zero-order chi connectivity index (χ0) is 10.3. The van der Waals surface area contributed by atoms with Crippen molar-refractivity contribution in [2.45, 2.75) is 39.5 Å². The molecule has 1 aliphatic rings. The summed E-state index contributed by atoms with van der Waals surface area (Å²) in [7, 11) is 0. The van der Waals surface area contributed by atoms with Crippen LogP contribution in [0.3, 0.4) is 0 Å². The molecule has 0 aliphatic heterocycles. The Hall–Kier alpha value is -0.850. The maximum atomic E-state index is 12.7. The minimum absolute atomic E-state index is 0.278. The molecule has 74 valence electrons. The van der Waals surface area contributed by atoms with Crippen molar-refractivity contribution >= 4 is 0 Å². The highest BCUT2D eigenvalue weighted by Gasteiger charge is 2.12. The first-order valence-corrected chi connectivity index (χ1v) is 4.95. The quantitative estimate of drug-likeness (QED) is 0.587. The van der Waals surface area contributed by atoms with Crippen LogP contribution in [0.4, 0.5) is 4.39 Å². The van der Waals surface area contributed by atoms with Crippen LogP contribution in [0.5, 0.6) is 0 Å². The van der Waals surface area contributed by atoms with Gasteiger partial charge in [-0.15, -0.1) is 0 Å². The van der Waals surface area contributed by atoms with E-state index in [9.17, 15) is 4.39 Å². The molecule has 1 rings (SSSR count). The highest BCUT2D eigenvalue weighted by Crippen LogP contribution is 2.29. The molecule has 13 heavy (non-hydrogen) atoms. The van der Waals surface area contributed by atoms with Gasteiger partial charge in [0.25, 0.3) is 0 Å². The van der Waals surface area contributed by atoms with Gasteiger partial charge < -0.3 is 0 Å². The van der Waals surface area contributed by atoms with Crippen molar-refractivity contribution in [1.82, 2.24) is 0 Å². The Morgan fingerprint density at radius 3 is 2.23 bits per heavy atom. The third-order valence-corrected chi connectivity index (χ3v) is 2.08. The van der Waals surface area contributed by atoms with Crippen LogP contribution in [0.2, 0.25) is 0 Å². The molecule has 0 aromatic rings. The van der Waals surface area contributed by atoms with Gasteiger partial charge in [-0.05, 0) is 36.8 Å². The molecule has 0 aromatic carbocycles. The minimum atomic E-state index is -0.278. The van der Waals surface area contributed by atoms with Gasteiger partial charge in [0.05, 0.1) is 0 Å². The Morgan fingerprint density at radius 2 is 1.85 bits per heavy atom. The summed E-state index contributed by atoms with van der Waals surface area (Å²) in [5, 5.41) is 0. The fraction of sp³-hybridized carbons (Fsp3) is 0.500. The second-order valence-electron chi connectivity index (χ2n) is 2.82. The summed E-state index contributed by atoms with van der Waals surface area (Å²) in [5.41, 5.74) is 1.83. The van der Waals surface area contributed by atoms with E-state index in [1.807, 2.05) is 13.8 Å². The average molecular weight is 182 g/mol. The van der Waals surface area contributed by atoms with Crippen molar-refractivity contribution in [2.75, 3.05) is 0 Å². The van der Waals surface area contributed by atoms with Crippen LogP contribution in [0.15, 0.2) is 36.2 Å². The standard InChI is InChI=1S/C10H13F.C2H6/c1-3-9-6-4-5-7-10(9)8(2)11;1-2/h3H,1-2,4-7H2;1-2H3. The highest BCUT2D eigenvalue weighted by molar-refractivity contribution is 5.36. The zero-order valence-electron chi connectivity index (χ0n) is 8.70. The topological polar surface area (TPSA) is 0 Å². The lowest BCUT2D eigenvalue weighted by Crippen LogP contribution is -1.97. The van der Waals surface area contributed by atoms with Crippen LogP contribution in [0.1, 0.15) is 39.5 Å². The lowest BCUT2D eigenvalue weighted by atomic mass is 9.91. The van der Waals surface area contributed by atoms with Crippen LogP contribution in [0, 0.1) is 0 Å². The van der Waals surface area contributed by atoms with E-state index in [2.05, 4.69) is 13.2 Å². The van der Waals surface area contributed by atoms with Gasteiger partial charge in [-0.1, -0.05) is 33.1 Å². The van der Waals surface area contributed by atoms with Crippen molar-refractivity contribution < 1.29 is 4.39 Å². The summed E-state index contributed by atoms with van der Waals surface area (Å²) in [6.07, 6.45) is 5.77. The summed E-state index contributed by atoms with van der Waals surface area (Å²) < 4.78 is 12.7. The predicted octanol–water partition coefficient (Wildman–Crippen LogP) is 4.55. The van der Waals surface area contributed by atoms with Gasteiger partial charge in [0.2, 0.25) is 0 Å². The fourth-order valence-corrected chi connectivity index (χ4v) is 1.46. The van der Waals surface area contributed by atoms with E-state index in [1.165, 1.54) is 0 Å². The largest absolute Gasteiger partial charge is 0.207 e. The fourth-order valence-electron chi connectivity index (χ4n) is 1.46. The van der Waals surface area contributed by atoms with Gasteiger partial charge in [-0.3, -0.25) is 0 Å². The summed E-state index contributed by atoms with van der Waals surface area (Å²) in [4.78, 5) is 0. The van der Waals surface area contributed by atoms with Crippen LogP contribution in [0.25, 0.3) is 0 Å². The van der Waals surface area contributed by atoms with Gasteiger partial charge >= 0.3 is 0 Å². The average Bonchev–Trinajstić information content (AvgIpc) is 2.20. The number of allylic oxidation sites excluding steroid dienone is 4. The Balaban J connectivity index is 0.000000671. The van der Waals surface area contributed by atoms with Crippen molar-refractivity contribution in [3.8, 4) is 0 Å². The van der Waals surface area contributed by atoms with Crippen molar-refractivity contribution in [3.63, 3.8) is 0 Å². The highest BCUT2D eigenvalue weighted by atomic mass is 19.1. The molecule has 0 unspecified atom stereocenters. The molecular formula is C12H19F. The van der Waals surface area contributed by atoms with Crippen molar-refractivity contribution in [2.24, 2.45) is 0 Å². The second-order valence-corrected chi connectivity index (χ2v) is 2.82. The first kappa shape index (κ1) is 12.2. The van der Waals surface area contributed by atoms with E-state index in [4.69, 9.17) is 0 Å². The summed E-state index contributed by atoms with van der Waals surface area (Å²) in [5.74, 6) is -0.278. The van der Waals surface area contributed by atoms with E-state index < -0.39 is 0 Å². The number of rotatable bonds is 2. The molecular weight excluding hydrogens is 163 g/mol. The third-order valence-electron chi connectivity index (χ3n) is 2.08. The van der Waals surface area contributed by atoms with E-state index in [1.54, 1.807) is 6.08 Å². The second kappa shape index (κ2) is 6.64. The number of hydrogen-bond acceptors (Lipinski definition) is 0. The van der Waals surface area contributed by atoms with Gasteiger partial charge in [0.1, 0.15) is 5.83 Å². The first-order valence-electron chi connectivity index (χ1n) is 4.95. The Kier molecular flexibility index (Phi) is 6.21. The summed E-state index contributed by atoms with van der Waals surface area (Å²) in [6, 6.07) is 0. The molecule has 0 amide bonds. The van der Waals surface area contributed by atoms with Gasteiger partial charge in [0, 0.05) is 0 Å². The molecule has 1 heteroatoms. The maximum absolute atomic E-state index is 12.7. The lowest BCUT2D eigenvalue weighted by Gasteiger charge is -2.15. The molecule has 0 atom stereocenters. The third kappa shape index (κ3) is 3.58. The molecule has 0 spiro atoms. The predicted molar refractivity (Wildman–Crippen MR) is 57.3 cm³/mol. The monoisotopic (exact) mass is 182 g/mol. The smallest absolute Gasteiger partial charge is 0.119 e. The first-order chi connectivity index (χ1) is 6.25. The molecule has 1 aliphatic carbocycles. The molecule has 0 N–H and O–H groups in total. The normalized spacial score (nSPS) is 15.9. The van der Waals surface area contributed by atoms with Crippen LogP contribution < -0.4 is 0 Å². The van der Waals surface area contributed by atoms with Crippen molar-refractivity contribution in [1.29, 1.82) is 0 Å². The molecule has 0 radical (unpaired) electrons. The summed E-state index contributed by atoms with van der Waals surface area (Å²) in [6.45, 7) is 11.0. The SMILES string of the molecule is C=CC1=C(C(=C)F)CCCC1.CC. The lowest BCUT2D eigenvalue weighted by molar-refractivity contribution is 0.603. The van der Waals surface area contributed by atoms with Gasteiger partial charge in [-0.2, -0.15) is 0 Å². The minimum Gasteiger partial charge on any atom is -0.207 e. The maximum Gasteiger partial charge on any atom is 0.119 e. The van der Waals surface area contributed by atoms with E-state index >= 15 is 0 Å². The molecule has 0 nitrogen and oxygen atoms in total. The molecule has 0 saturated heterocycles. The van der Waals surface area contributed by atoms with Gasteiger partial charge in [-0.25, -0.2) is 4.39 Å². The summed E-state index contributed by atoms with van der Waals surface area (Å²) >= 11 is 0. The van der Waals surface area contributed by atoms with Crippen LogP contribution in [-0.4, -0.2) is 0 Å².